The van der Waals surface area contributed by atoms with E-state index in [2.05, 4.69) is 12.2 Å². The Morgan fingerprint density at radius 2 is 2.00 bits per heavy atom. The zero-order valence-corrected chi connectivity index (χ0v) is 12.1. The van der Waals surface area contributed by atoms with Crippen LogP contribution in [0.25, 0.3) is 0 Å². The Bertz CT molecular complexity index is 361. The van der Waals surface area contributed by atoms with Gasteiger partial charge in [-0.3, -0.25) is 0 Å². The Morgan fingerprint density at radius 1 is 1.22 bits per heavy atom. The van der Waals surface area contributed by atoms with Crippen LogP contribution >= 0.6 is 0 Å². The van der Waals surface area contributed by atoms with Gasteiger partial charge in [-0.1, -0.05) is 26.2 Å². The van der Waals surface area contributed by atoms with Gasteiger partial charge < -0.3 is 5.32 Å². The third kappa shape index (κ3) is 3.45. The van der Waals surface area contributed by atoms with Crippen LogP contribution in [-0.2, 0) is 10.0 Å². The van der Waals surface area contributed by atoms with E-state index in [4.69, 9.17) is 5.14 Å². The fourth-order valence-electron chi connectivity index (χ4n) is 3.60. The van der Waals surface area contributed by atoms with Crippen molar-refractivity contribution in [3.63, 3.8) is 0 Å². The van der Waals surface area contributed by atoms with Crippen molar-refractivity contribution in [1.29, 1.82) is 0 Å². The highest BCUT2D eigenvalue weighted by Gasteiger charge is 2.33. The molecular weight excluding hydrogens is 248 g/mol. The lowest BCUT2D eigenvalue weighted by molar-refractivity contribution is 0.188. The van der Waals surface area contributed by atoms with E-state index >= 15 is 0 Å². The first-order valence-corrected chi connectivity index (χ1v) is 8.86. The van der Waals surface area contributed by atoms with Crippen molar-refractivity contribution in [2.75, 3.05) is 6.54 Å². The smallest absolute Gasteiger partial charge is 0.213 e. The molecule has 106 valence electrons. The van der Waals surface area contributed by atoms with E-state index in [0.717, 1.165) is 24.7 Å². The van der Waals surface area contributed by atoms with Crippen LogP contribution in [0.1, 0.15) is 51.9 Å². The molecule has 0 radical (unpaired) electrons. The SMILES string of the molecule is CCC1CCCC(C2CCC(S(N)(=O)=O)CN2)C1. The number of piperidine rings is 1. The second kappa shape index (κ2) is 5.88. The average Bonchev–Trinajstić information content (AvgIpc) is 2.38. The first-order valence-electron chi connectivity index (χ1n) is 7.25. The molecule has 0 aromatic rings. The molecule has 1 saturated carbocycles. The predicted molar refractivity (Wildman–Crippen MR) is 73.7 cm³/mol. The number of nitrogens with one attached hydrogen (secondary N) is 1. The lowest BCUT2D eigenvalue weighted by atomic mass is 9.75. The van der Waals surface area contributed by atoms with Crippen molar-refractivity contribution < 1.29 is 8.42 Å². The molecule has 1 heterocycles. The van der Waals surface area contributed by atoms with Gasteiger partial charge in [0.05, 0.1) is 5.25 Å². The van der Waals surface area contributed by atoms with Crippen molar-refractivity contribution >= 4 is 10.0 Å². The first-order chi connectivity index (χ1) is 8.50. The third-order valence-corrected chi connectivity index (χ3v) is 6.17. The number of nitrogens with two attached hydrogens (primary N) is 1. The Balaban J connectivity index is 1.86. The largest absolute Gasteiger partial charge is 0.312 e. The lowest BCUT2D eigenvalue weighted by Crippen LogP contribution is -2.50. The Hall–Kier alpha value is -0.130. The van der Waals surface area contributed by atoms with Crippen molar-refractivity contribution in [1.82, 2.24) is 5.32 Å². The molecule has 0 amide bonds. The van der Waals surface area contributed by atoms with Gasteiger partial charge in [0.1, 0.15) is 0 Å². The van der Waals surface area contributed by atoms with E-state index in [0.29, 0.717) is 12.6 Å². The van der Waals surface area contributed by atoms with Crippen LogP contribution in [0.5, 0.6) is 0 Å². The number of rotatable bonds is 3. The van der Waals surface area contributed by atoms with Crippen molar-refractivity contribution in [2.45, 2.75) is 63.2 Å². The summed E-state index contributed by atoms with van der Waals surface area (Å²) in [6.45, 7) is 2.81. The molecule has 2 fully saturated rings. The van der Waals surface area contributed by atoms with E-state index in [1.807, 2.05) is 0 Å². The predicted octanol–water partition coefficient (Wildman–Crippen LogP) is 1.61. The highest BCUT2D eigenvalue weighted by atomic mass is 32.2. The summed E-state index contributed by atoms with van der Waals surface area (Å²) in [5.41, 5.74) is 0. The van der Waals surface area contributed by atoms with Crippen molar-refractivity contribution in [2.24, 2.45) is 17.0 Å². The standard InChI is InChI=1S/C13H26N2O2S/c1-2-10-4-3-5-11(8-10)13-7-6-12(9-15-13)18(14,16)17/h10-13,15H,2-9H2,1H3,(H2,14,16,17). The summed E-state index contributed by atoms with van der Waals surface area (Å²) in [6, 6.07) is 0.511. The van der Waals surface area contributed by atoms with Gasteiger partial charge in [-0.25, -0.2) is 13.6 Å². The summed E-state index contributed by atoms with van der Waals surface area (Å²) >= 11 is 0. The molecule has 2 aliphatic rings. The molecule has 0 bridgehead atoms. The second-order valence-corrected chi connectivity index (χ2v) is 7.85. The summed E-state index contributed by atoms with van der Waals surface area (Å²) in [4.78, 5) is 0. The third-order valence-electron chi connectivity index (χ3n) is 4.84. The van der Waals surface area contributed by atoms with Gasteiger partial charge in [-0.2, -0.15) is 0 Å². The number of hydrogen-bond donors (Lipinski definition) is 2. The van der Waals surface area contributed by atoms with Crippen LogP contribution in [0, 0.1) is 11.8 Å². The van der Waals surface area contributed by atoms with Crippen molar-refractivity contribution in [3.05, 3.63) is 0 Å². The maximum absolute atomic E-state index is 11.3. The minimum absolute atomic E-state index is 0.376. The molecule has 3 N–H and O–H groups in total. The topological polar surface area (TPSA) is 72.2 Å². The number of primary sulfonamides is 1. The van der Waals surface area contributed by atoms with Gasteiger partial charge in [-0.15, -0.1) is 0 Å². The van der Waals surface area contributed by atoms with Crippen LogP contribution in [0.15, 0.2) is 0 Å². The maximum Gasteiger partial charge on any atom is 0.213 e. The lowest BCUT2D eigenvalue weighted by Gasteiger charge is -2.38. The Labute approximate surface area is 111 Å². The highest BCUT2D eigenvalue weighted by Crippen LogP contribution is 2.35. The molecule has 1 aliphatic carbocycles. The summed E-state index contributed by atoms with van der Waals surface area (Å²) in [5.74, 6) is 1.62. The number of hydrogen-bond acceptors (Lipinski definition) is 3. The molecule has 0 spiro atoms. The molecule has 4 atom stereocenters. The van der Waals surface area contributed by atoms with Crippen LogP contribution < -0.4 is 10.5 Å². The maximum atomic E-state index is 11.3. The molecule has 0 aromatic carbocycles. The van der Waals surface area contributed by atoms with Crippen LogP contribution in [0.3, 0.4) is 0 Å². The summed E-state index contributed by atoms with van der Waals surface area (Å²) < 4.78 is 22.6. The molecule has 5 heteroatoms. The normalized spacial score (nSPS) is 38.6. The highest BCUT2D eigenvalue weighted by molar-refractivity contribution is 7.89. The molecular formula is C13H26N2O2S. The quantitative estimate of drug-likeness (QED) is 0.821. The molecule has 4 unspecified atom stereocenters. The van der Waals surface area contributed by atoms with E-state index in [9.17, 15) is 8.42 Å². The Kier molecular flexibility index (Phi) is 4.67. The summed E-state index contributed by atoms with van der Waals surface area (Å²) in [7, 11) is -3.36. The van der Waals surface area contributed by atoms with Gasteiger partial charge in [-0.05, 0) is 37.5 Å². The minimum Gasteiger partial charge on any atom is -0.312 e. The summed E-state index contributed by atoms with van der Waals surface area (Å²) in [5, 5.41) is 8.27. The van der Waals surface area contributed by atoms with Crippen LogP contribution in [-0.4, -0.2) is 26.3 Å². The van der Waals surface area contributed by atoms with Gasteiger partial charge in [0, 0.05) is 12.6 Å². The minimum atomic E-state index is -3.36. The molecule has 0 aromatic heterocycles. The van der Waals surface area contributed by atoms with Gasteiger partial charge in [0.2, 0.25) is 10.0 Å². The van der Waals surface area contributed by atoms with Gasteiger partial charge in [0.25, 0.3) is 0 Å². The van der Waals surface area contributed by atoms with Crippen LogP contribution in [0.2, 0.25) is 0 Å². The zero-order valence-electron chi connectivity index (χ0n) is 11.3. The average molecular weight is 274 g/mol. The molecule has 18 heavy (non-hydrogen) atoms. The van der Waals surface area contributed by atoms with E-state index in [1.54, 1.807) is 0 Å². The Morgan fingerprint density at radius 3 is 2.56 bits per heavy atom. The summed E-state index contributed by atoms with van der Waals surface area (Å²) in [6.07, 6.45) is 8.29. The monoisotopic (exact) mass is 274 g/mol. The van der Waals surface area contributed by atoms with Crippen molar-refractivity contribution in [3.8, 4) is 0 Å². The fourth-order valence-corrected chi connectivity index (χ4v) is 4.40. The molecule has 1 saturated heterocycles. The second-order valence-electron chi connectivity index (χ2n) is 6.00. The number of sulfonamides is 1. The van der Waals surface area contributed by atoms with Gasteiger partial charge in [0.15, 0.2) is 0 Å². The fraction of sp³-hybridized carbons (Fsp3) is 1.00. The van der Waals surface area contributed by atoms with E-state index < -0.39 is 10.0 Å². The van der Waals surface area contributed by atoms with E-state index in [-0.39, 0.29) is 5.25 Å². The van der Waals surface area contributed by atoms with Gasteiger partial charge >= 0.3 is 0 Å². The molecule has 2 rings (SSSR count). The first kappa shape index (κ1) is 14.3. The molecule has 4 nitrogen and oxygen atoms in total. The van der Waals surface area contributed by atoms with Crippen LogP contribution in [0.4, 0.5) is 0 Å². The zero-order chi connectivity index (χ0) is 13.2. The molecule has 1 aliphatic heterocycles. The van der Waals surface area contributed by atoms with E-state index in [1.165, 1.54) is 32.1 Å².